The number of carbonyl (C=O) groups excluding carboxylic acids is 2. The second-order valence-corrected chi connectivity index (χ2v) is 11.5. The number of hydrogen-bond acceptors (Lipinski definition) is 6. The molecule has 9 nitrogen and oxygen atoms in total. The zero-order valence-electron chi connectivity index (χ0n) is 21.1. The van der Waals surface area contributed by atoms with E-state index in [1.807, 2.05) is 26.0 Å². The Bertz CT molecular complexity index is 1100. The number of benzene rings is 1. The van der Waals surface area contributed by atoms with Gasteiger partial charge in [0.05, 0.1) is 6.04 Å². The maximum absolute atomic E-state index is 14.1. The number of thioether (sulfide) groups is 1. The number of hydrogen-bond donors (Lipinski definition) is 4. The minimum absolute atomic E-state index is 0.0488. The number of nitrogens with zero attached hydrogens (tertiary/aromatic N) is 1. The summed E-state index contributed by atoms with van der Waals surface area (Å²) in [7, 11) is 0. The second-order valence-electron chi connectivity index (χ2n) is 10.5. The van der Waals surface area contributed by atoms with Crippen molar-refractivity contribution in [3.63, 3.8) is 0 Å². The number of rotatable bonds is 8. The molecule has 1 aromatic carbocycles. The SMILES string of the molecule is CC(C)C[C@@]1(C(=O)O)C=C(C(=O)NCC(=O)O)[C@H](C2NC=CS2)N1C(=O)c1ccc(C(C)(C)C)cc1. The zero-order valence-corrected chi connectivity index (χ0v) is 21.9. The van der Waals surface area contributed by atoms with Gasteiger partial charge in [0.1, 0.15) is 11.9 Å². The smallest absolute Gasteiger partial charge is 0.333 e. The van der Waals surface area contributed by atoms with E-state index in [4.69, 9.17) is 5.11 Å². The highest BCUT2D eigenvalue weighted by Gasteiger charge is 2.57. The molecule has 0 bridgehead atoms. The van der Waals surface area contributed by atoms with Gasteiger partial charge < -0.3 is 25.7 Å². The molecule has 0 spiro atoms. The van der Waals surface area contributed by atoms with Crippen molar-refractivity contribution < 1.29 is 29.4 Å². The summed E-state index contributed by atoms with van der Waals surface area (Å²) < 4.78 is 0. The molecule has 3 atom stereocenters. The minimum atomic E-state index is -1.79. The summed E-state index contributed by atoms with van der Waals surface area (Å²) in [5, 5.41) is 26.2. The van der Waals surface area contributed by atoms with Gasteiger partial charge in [-0.05, 0) is 46.9 Å². The monoisotopic (exact) mass is 515 g/mol. The average Bonchev–Trinajstić information content (AvgIpc) is 3.42. The van der Waals surface area contributed by atoms with Gasteiger partial charge in [0.2, 0.25) is 5.91 Å². The first-order chi connectivity index (χ1) is 16.8. The van der Waals surface area contributed by atoms with Crippen LogP contribution in [0.3, 0.4) is 0 Å². The Morgan fingerprint density at radius 2 is 1.78 bits per heavy atom. The highest BCUT2D eigenvalue weighted by molar-refractivity contribution is 8.03. The maximum atomic E-state index is 14.1. The Labute approximate surface area is 215 Å². The molecule has 2 aliphatic heterocycles. The highest BCUT2D eigenvalue weighted by Crippen LogP contribution is 2.43. The van der Waals surface area contributed by atoms with Gasteiger partial charge in [-0.2, -0.15) is 0 Å². The lowest BCUT2D eigenvalue weighted by atomic mass is 9.86. The van der Waals surface area contributed by atoms with Crippen LogP contribution >= 0.6 is 11.8 Å². The predicted octanol–water partition coefficient (Wildman–Crippen LogP) is 2.94. The van der Waals surface area contributed by atoms with Crippen LogP contribution in [0.1, 0.15) is 57.0 Å². The number of aliphatic carboxylic acids is 2. The molecule has 0 aromatic heterocycles. The molecule has 1 aromatic rings. The lowest BCUT2D eigenvalue weighted by molar-refractivity contribution is -0.148. The van der Waals surface area contributed by atoms with Gasteiger partial charge in [-0.1, -0.05) is 46.8 Å². The van der Waals surface area contributed by atoms with Gasteiger partial charge in [0.25, 0.3) is 5.91 Å². The molecule has 3 rings (SSSR count). The molecule has 2 aliphatic rings. The van der Waals surface area contributed by atoms with Crippen LogP contribution in [-0.4, -0.2) is 62.4 Å². The first-order valence-corrected chi connectivity index (χ1v) is 12.7. The molecule has 0 fully saturated rings. The van der Waals surface area contributed by atoms with E-state index in [1.165, 1.54) is 22.7 Å². The third-order valence-corrected chi connectivity index (χ3v) is 7.21. The van der Waals surface area contributed by atoms with Gasteiger partial charge in [0.15, 0.2) is 5.54 Å². The van der Waals surface area contributed by atoms with E-state index in [2.05, 4.69) is 31.4 Å². The molecule has 0 saturated carbocycles. The summed E-state index contributed by atoms with van der Waals surface area (Å²) >= 11 is 1.32. The number of carboxylic acids is 2. The van der Waals surface area contributed by atoms with Crippen molar-refractivity contribution >= 4 is 35.5 Å². The summed E-state index contributed by atoms with van der Waals surface area (Å²) in [6.45, 7) is 9.24. The largest absolute Gasteiger partial charge is 0.480 e. The molecule has 194 valence electrons. The Morgan fingerprint density at radius 3 is 2.25 bits per heavy atom. The number of nitrogens with one attached hydrogen (secondary N) is 2. The van der Waals surface area contributed by atoms with Gasteiger partial charge in [-0.3, -0.25) is 14.4 Å². The molecular formula is C26H33N3O6S. The fraction of sp³-hybridized carbons (Fsp3) is 0.462. The van der Waals surface area contributed by atoms with Crippen LogP contribution in [0.15, 0.2) is 47.5 Å². The molecule has 0 radical (unpaired) electrons. The van der Waals surface area contributed by atoms with E-state index in [1.54, 1.807) is 23.7 Å². The van der Waals surface area contributed by atoms with E-state index in [-0.39, 0.29) is 23.3 Å². The van der Waals surface area contributed by atoms with Gasteiger partial charge in [-0.25, -0.2) is 4.79 Å². The minimum Gasteiger partial charge on any atom is -0.480 e. The summed E-state index contributed by atoms with van der Waals surface area (Å²) in [5.41, 5.74) is -0.550. The molecule has 10 heteroatoms. The quantitative estimate of drug-likeness (QED) is 0.415. The van der Waals surface area contributed by atoms with Crippen molar-refractivity contribution in [2.45, 2.75) is 63.4 Å². The summed E-state index contributed by atoms with van der Waals surface area (Å²) in [6, 6.07) is 6.10. The molecule has 1 unspecified atom stereocenters. The Hall–Kier alpha value is -3.27. The molecule has 0 saturated heterocycles. The Balaban J connectivity index is 2.15. The molecule has 2 amide bonds. The van der Waals surface area contributed by atoms with E-state index in [0.29, 0.717) is 5.56 Å². The van der Waals surface area contributed by atoms with E-state index in [0.717, 1.165) is 5.56 Å². The van der Waals surface area contributed by atoms with Crippen molar-refractivity contribution in [1.82, 2.24) is 15.5 Å². The van der Waals surface area contributed by atoms with Crippen molar-refractivity contribution in [1.29, 1.82) is 0 Å². The first-order valence-electron chi connectivity index (χ1n) is 11.7. The summed E-state index contributed by atoms with van der Waals surface area (Å²) in [6.07, 6.45) is 3.08. The lowest BCUT2D eigenvalue weighted by Gasteiger charge is -2.41. The number of amides is 2. The molecule has 2 heterocycles. The van der Waals surface area contributed by atoms with Gasteiger partial charge >= 0.3 is 11.9 Å². The van der Waals surface area contributed by atoms with E-state index >= 15 is 0 Å². The van der Waals surface area contributed by atoms with Crippen molar-refractivity contribution in [3.8, 4) is 0 Å². The predicted molar refractivity (Wildman–Crippen MR) is 137 cm³/mol. The fourth-order valence-corrected chi connectivity index (χ4v) is 5.51. The summed E-state index contributed by atoms with van der Waals surface area (Å²) in [5.74, 6) is -3.84. The normalized spacial score (nSPS) is 23.4. The number of carboxylic acid groups (broad SMARTS) is 2. The van der Waals surface area contributed by atoms with Crippen LogP contribution in [0, 0.1) is 5.92 Å². The van der Waals surface area contributed by atoms with E-state index < -0.39 is 47.3 Å². The Kier molecular flexibility index (Phi) is 7.88. The fourth-order valence-electron chi connectivity index (χ4n) is 4.61. The highest BCUT2D eigenvalue weighted by atomic mass is 32.2. The first kappa shape index (κ1) is 27.3. The summed E-state index contributed by atoms with van der Waals surface area (Å²) in [4.78, 5) is 52.4. The van der Waals surface area contributed by atoms with Gasteiger partial charge in [0, 0.05) is 17.3 Å². The second kappa shape index (κ2) is 10.4. The third kappa shape index (κ3) is 5.43. The topological polar surface area (TPSA) is 136 Å². The molecular weight excluding hydrogens is 482 g/mol. The molecule has 4 N–H and O–H groups in total. The molecule has 36 heavy (non-hydrogen) atoms. The number of carbonyl (C=O) groups is 4. The lowest BCUT2D eigenvalue weighted by Crippen LogP contribution is -2.60. The maximum Gasteiger partial charge on any atom is 0.333 e. The van der Waals surface area contributed by atoms with Crippen LogP contribution < -0.4 is 10.6 Å². The Morgan fingerprint density at radius 1 is 1.14 bits per heavy atom. The third-order valence-electron chi connectivity index (χ3n) is 6.23. The van der Waals surface area contributed by atoms with Crippen LogP contribution in [-0.2, 0) is 19.8 Å². The average molecular weight is 516 g/mol. The van der Waals surface area contributed by atoms with Crippen LogP contribution in [0.25, 0.3) is 0 Å². The standard InChI is InChI=1S/C26H33N3O6S/c1-15(2)12-26(24(34)35)13-18(21(32)28-14-19(30)31)20(22-27-10-11-36-22)29(26)23(33)16-6-8-17(9-7-16)25(3,4)5/h6-11,13,15,20,22,27H,12,14H2,1-5H3,(H,28,32)(H,30,31)(H,34,35)/t20-,22?,26+/m1/s1. The zero-order chi connectivity index (χ0) is 26.8. The van der Waals surface area contributed by atoms with Gasteiger partial charge in [-0.15, -0.1) is 11.8 Å². The van der Waals surface area contributed by atoms with Crippen molar-refractivity contribution in [2.24, 2.45) is 5.92 Å². The van der Waals surface area contributed by atoms with Crippen LogP contribution in [0.4, 0.5) is 0 Å². The van der Waals surface area contributed by atoms with E-state index in [9.17, 15) is 24.3 Å². The van der Waals surface area contributed by atoms with Crippen LogP contribution in [0.2, 0.25) is 0 Å². The van der Waals surface area contributed by atoms with Crippen molar-refractivity contribution in [2.75, 3.05) is 6.54 Å². The van der Waals surface area contributed by atoms with Crippen molar-refractivity contribution in [3.05, 3.63) is 58.6 Å². The van der Waals surface area contributed by atoms with Crippen LogP contribution in [0.5, 0.6) is 0 Å². The molecule has 0 aliphatic carbocycles.